The molecule has 2 aliphatic rings. The Morgan fingerprint density at radius 3 is 2.62 bits per heavy atom. The summed E-state index contributed by atoms with van der Waals surface area (Å²) >= 11 is 0. The number of quaternary nitrogens is 1. The average Bonchev–Trinajstić information content (AvgIpc) is 2.93. The molecule has 3 heterocycles. The third kappa shape index (κ3) is 2.53. The van der Waals surface area contributed by atoms with Crippen LogP contribution in [0.25, 0.3) is 0 Å². The Hall–Kier alpha value is -1.89. The molecule has 2 N–H and O–H groups in total. The molecule has 0 aromatic carbocycles. The highest BCUT2D eigenvalue weighted by Gasteiger charge is 2.47. The number of nitrogens with two attached hydrogens (primary N) is 1. The van der Waals surface area contributed by atoms with E-state index in [1.165, 1.54) is 29.3 Å². The second-order valence-electron chi connectivity index (χ2n) is 6.23. The second-order valence-corrected chi connectivity index (χ2v) is 6.23. The van der Waals surface area contributed by atoms with Gasteiger partial charge in [0.05, 0.1) is 31.2 Å². The van der Waals surface area contributed by atoms with Gasteiger partial charge in [-0.1, -0.05) is 0 Å². The fraction of sp³-hybridized carbons (Fsp3) is 0.643. The Labute approximate surface area is 123 Å². The van der Waals surface area contributed by atoms with Crippen molar-refractivity contribution in [3.63, 3.8) is 0 Å². The molecule has 2 amide bonds. The molecule has 0 bridgehead atoms. The van der Waals surface area contributed by atoms with Crippen molar-refractivity contribution in [2.75, 3.05) is 38.1 Å². The largest absolute Gasteiger partial charge is 0.346 e. The van der Waals surface area contributed by atoms with Crippen LogP contribution in [0.2, 0.25) is 0 Å². The van der Waals surface area contributed by atoms with E-state index < -0.39 is 0 Å². The van der Waals surface area contributed by atoms with Gasteiger partial charge in [-0.25, -0.2) is 4.79 Å². The molecule has 7 nitrogen and oxygen atoms in total. The first-order chi connectivity index (χ1) is 10.0. The number of aromatic nitrogens is 2. The van der Waals surface area contributed by atoms with Crippen LogP contribution in [0.15, 0.2) is 12.4 Å². The minimum absolute atomic E-state index is 0.0802. The minimum atomic E-state index is -0.0987. The molecule has 7 heteroatoms. The Balaban J connectivity index is 1.63. The number of rotatable bonds is 1. The van der Waals surface area contributed by atoms with E-state index in [1.807, 2.05) is 4.90 Å². The fourth-order valence-corrected chi connectivity index (χ4v) is 3.22. The molecule has 21 heavy (non-hydrogen) atoms. The zero-order valence-corrected chi connectivity index (χ0v) is 12.6. The summed E-state index contributed by atoms with van der Waals surface area (Å²) in [5, 5.41) is 6.42. The summed E-state index contributed by atoms with van der Waals surface area (Å²) < 4.78 is 1.33. The lowest BCUT2D eigenvalue weighted by Gasteiger charge is -2.50. The van der Waals surface area contributed by atoms with Crippen LogP contribution in [0.5, 0.6) is 0 Å². The maximum atomic E-state index is 12.4. The number of anilines is 1. The van der Waals surface area contributed by atoms with Crippen LogP contribution in [0.1, 0.15) is 19.8 Å². The number of carbonyl (C=O) groups is 2. The van der Waals surface area contributed by atoms with E-state index in [-0.39, 0.29) is 11.9 Å². The molecule has 1 aromatic rings. The van der Waals surface area contributed by atoms with Crippen molar-refractivity contribution in [2.24, 2.45) is 5.41 Å². The molecule has 2 aliphatic heterocycles. The van der Waals surface area contributed by atoms with Crippen molar-refractivity contribution < 1.29 is 14.9 Å². The molecule has 114 valence electrons. The van der Waals surface area contributed by atoms with E-state index in [1.54, 1.807) is 19.4 Å². The number of piperidine rings is 1. The van der Waals surface area contributed by atoms with Crippen LogP contribution in [0.4, 0.5) is 10.5 Å². The Morgan fingerprint density at radius 2 is 2.00 bits per heavy atom. The molecule has 0 radical (unpaired) electrons. The van der Waals surface area contributed by atoms with Crippen molar-refractivity contribution >= 4 is 17.6 Å². The summed E-state index contributed by atoms with van der Waals surface area (Å²) in [7, 11) is 1.67. The van der Waals surface area contributed by atoms with Crippen molar-refractivity contribution in [2.45, 2.75) is 19.8 Å². The maximum Gasteiger partial charge on any atom is 0.344 e. The molecular weight excluding hydrogens is 270 g/mol. The summed E-state index contributed by atoms with van der Waals surface area (Å²) in [6, 6.07) is -0.0987. The van der Waals surface area contributed by atoms with Crippen molar-refractivity contribution in [1.82, 2.24) is 14.7 Å². The molecule has 0 aliphatic carbocycles. The number of likely N-dealkylation sites (tertiary alicyclic amines) is 1. The van der Waals surface area contributed by atoms with Gasteiger partial charge in [0.15, 0.2) is 0 Å². The summed E-state index contributed by atoms with van der Waals surface area (Å²) in [4.78, 5) is 27.0. The van der Waals surface area contributed by atoms with E-state index in [0.29, 0.717) is 11.1 Å². The van der Waals surface area contributed by atoms with E-state index in [4.69, 9.17) is 0 Å². The van der Waals surface area contributed by atoms with Crippen LogP contribution in [-0.4, -0.2) is 59.8 Å². The molecular formula is C14H22N5O2+. The Kier molecular flexibility index (Phi) is 3.44. The summed E-state index contributed by atoms with van der Waals surface area (Å²) in [5.74, 6) is -0.0802. The maximum absolute atomic E-state index is 12.4. The van der Waals surface area contributed by atoms with Gasteiger partial charge in [0.1, 0.15) is 0 Å². The lowest BCUT2D eigenvalue weighted by Crippen LogP contribution is -2.88. The summed E-state index contributed by atoms with van der Waals surface area (Å²) in [6.45, 7) is 5.47. The Bertz CT molecular complexity index is 553. The van der Waals surface area contributed by atoms with Crippen LogP contribution in [0.3, 0.4) is 0 Å². The van der Waals surface area contributed by atoms with Gasteiger partial charge in [0.25, 0.3) is 0 Å². The number of hydrogen-bond donors (Lipinski definition) is 1. The normalized spacial score (nSPS) is 20.2. The number of nitrogens with zero attached hydrogens (tertiary/aromatic N) is 4. The second kappa shape index (κ2) is 5.14. The summed E-state index contributed by atoms with van der Waals surface area (Å²) in [5.41, 5.74) is 0.981. The van der Waals surface area contributed by atoms with Gasteiger partial charge in [-0.3, -0.25) is 4.79 Å². The van der Waals surface area contributed by atoms with Gasteiger partial charge in [-0.05, 0) is 0 Å². The fourth-order valence-electron chi connectivity index (χ4n) is 3.22. The average molecular weight is 292 g/mol. The number of amides is 2. The van der Waals surface area contributed by atoms with Gasteiger partial charge in [-0.2, -0.15) is 9.78 Å². The smallest absolute Gasteiger partial charge is 0.344 e. The van der Waals surface area contributed by atoms with Crippen molar-refractivity contribution in [3.8, 4) is 0 Å². The highest BCUT2D eigenvalue weighted by Crippen LogP contribution is 2.37. The standard InChI is InChI=1S/C14H21N5O2/c1-11(20)17(2)12-7-16-19(8-12)13(21)18-9-14(10-18)3-5-15-6-4-14/h7-8,15H,3-6,9-10H2,1-2H3/p+1. The van der Waals surface area contributed by atoms with E-state index in [9.17, 15) is 9.59 Å². The van der Waals surface area contributed by atoms with E-state index >= 15 is 0 Å². The topological polar surface area (TPSA) is 75.1 Å². The SMILES string of the molecule is CC(=O)N(C)c1cnn(C(=O)N2CC3(CC[NH2+]CC3)C2)c1. The zero-order chi connectivity index (χ0) is 15.0. The van der Waals surface area contributed by atoms with Gasteiger partial charge in [-0.15, -0.1) is 0 Å². The number of carbonyl (C=O) groups excluding carboxylic acids is 2. The van der Waals surface area contributed by atoms with Gasteiger partial charge in [0, 0.05) is 45.3 Å². The first kappa shape index (κ1) is 14.1. The van der Waals surface area contributed by atoms with Crippen LogP contribution in [0, 0.1) is 5.41 Å². The molecule has 1 spiro atoms. The molecule has 1 aromatic heterocycles. The highest BCUT2D eigenvalue weighted by atomic mass is 16.2. The van der Waals surface area contributed by atoms with E-state index in [2.05, 4.69) is 10.4 Å². The lowest BCUT2D eigenvalue weighted by atomic mass is 9.72. The third-order valence-electron chi connectivity index (χ3n) is 4.71. The molecule has 3 rings (SSSR count). The lowest BCUT2D eigenvalue weighted by molar-refractivity contribution is -0.669. The van der Waals surface area contributed by atoms with Crippen LogP contribution in [-0.2, 0) is 4.79 Å². The van der Waals surface area contributed by atoms with Gasteiger partial charge in [0.2, 0.25) is 5.91 Å². The van der Waals surface area contributed by atoms with Crippen LogP contribution < -0.4 is 10.2 Å². The molecule has 0 saturated carbocycles. The first-order valence-corrected chi connectivity index (χ1v) is 7.41. The molecule has 0 atom stereocenters. The summed E-state index contributed by atoms with van der Waals surface area (Å²) in [6.07, 6.45) is 5.54. The minimum Gasteiger partial charge on any atom is -0.346 e. The molecule has 0 unspecified atom stereocenters. The number of hydrogen-bond acceptors (Lipinski definition) is 3. The van der Waals surface area contributed by atoms with E-state index in [0.717, 1.165) is 26.2 Å². The first-order valence-electron chi connectivity index (χ1n) is 7.41. The predicted octanol–water partition coefficient (Wildman–Crippen LogP) is -0.507. The molecule has 2 fully saturated rings. The quantitative estimate of drug-likeness (QED) is 0.758. The van der Waals surface area contributed by atoms with Gasteiger partial charge >= 0.3 is 6.03 Å². The Morgan fingerprint density at radius 1 is 1.33 bits per heavy atom. The highest BCUT2D eigenvalue weighted by molar-refractivity contribution is 5.91. The third-order valence-corrected chi connectivity index (χ3v) is 4.71. The zero-order valence-electron chi connectivity index (χ0n) is 12.6. The monoisotopic (exact) mass is 292 g/mol. The predicted molar refractivity (Wildman–Crippen MR) is 77.0 cm³/mol. The van der Waals surface area contributed by atoms with Crippen molar-refractivity contribution in [1.29, 1.82) is 0 Å². The van der Waals surface area contributed by atoms with Crippen LogP contribution >= 0.6 is 0 Å². The van der Waals surface area contributed by atoms with Crippen molar-refractivity contribution in [3.05, 3.63) is 12.4 Å². The molecule has 2 saturated heterocycles. The van der Waals surface area contributed by atoms with Gasteiger partial charge < -0.3 is 15.1 Å².